The van der Waals surface area contributed by atoms with Crippen LogP contribution in [0.1, 0.15) is 16.7 Å². The van der Waals surface area contributed by atoms with Crippen molar-refractivity contribution in [2.45, 2.75) is 19.0 Å². The molecule has 3 rings (SSSR count). The molecule has 0 bridgehead atoms. The molecular weight excluding hydrogens is 243 g/mol. The Hall–Kier alpha value is -2.16. The highest BCUT2D eigenvalue weighted by Gasteiger charge is 2.50. The summed E-state index contributed by atoms with van der Waals surface area (Å²) in [6, 6.07) is 14.3. The van der Waals surface area contributed by atoms with Gasteiger partial charge < -0.3 is 4.74 Å². The van der Waals surface area contributed by atoms with Crippen molar-refractivity contribution in [3.8, 4) is 5.75 Å². The topological polar surface area (TPSA) is 26.3 Å². The predicted octanol–water partition coefficient (Wildman–Crippen LogP) is 3.32. The zero-order valence-electron chi connectivity index (χ0n) is 10.5. The summed E-state index contributed by atoms with van der Waals surface area (Å²) in [5, 5.41) is 0. The molecule has 2 aromatic carbocycles. The summed E-state index contributed by atoms with van der Waals surface area (Å²) in [4.78, 5) is 11.9. The van der Waals surface area contributed by atoms with Gasteiger partial charge in [-0.1, -0.05) is 42.0 Å². The third kappa shape index (κ3) is 1.91. The number of rotatable bonds is 2. The van der Waals surface area contributed by atoms with Crippen molar-refractivity contribution in [2.24, 2.45) is 0 Å². The van der Waals surface area contributed by atoms with Crippen molar-refractivity contribution >= 4 is 5.97 Å². The van der Waals surface area contributed by atoms with Crippen LogP contribution in [0.3, 0.4) is 0 Å². The molecule has 0 aliphatic carbocycles. The van der Waals surface area contributed by atoms with E-state index in [4.69, 9.17) is 4.74 Å². The van der Waals surface area contributed by atoms with Crippen molar-refractivity contribution in [1.29, 1.82) is 0 Å². The van der Waals surface area contributed by atoms with E-state index in [9.17, 15) is 4.79 Å². The third-order valence-electron chi connectivity index (χ3n) is 3.38. The zero-order valence-corrected chi connectivity index (χ0v) is 10.5. The lowest BCUT2D eigenvalue weighted by Gasteiger charge is -2.16. The van der Waals surface area contributed by atoms with Gasteiger partial charge in [-0.3, -0.25) is 0 Å². The van der Waals surface area contributed by atoms with Gasteiger partial charge in [0.15, 0.2) is 0 Å². The highest BCUT2D eigenvalue weighted by Crippen LogP contribution is 2.43. The number of alkyl halides is 1. The number of fused-ring (bicyclic) bond motifs is 1. The van der Waals surface area contributed by atoms with Gasteiger partial charge in [-0.2, -0.15) is 0 Å². The molecule has 96 valence electrons. The predicted molar refractivity (Wildman–Crippen MR) is 69.7 cm³/mol. The first-order valence-electron chi connectivity index (χ1n) is 6.16. The minimum absolute atomic E-state index is 0.00310. The van der Waals surface area contributed by atoms with E-state index in [0.29, 0.717) is 11.3 Å². The minimum Gasteiger partial charge on any atom is -0.423 e. The zero-order chi connectivity index (χ0) is 13.5. The molecule has 3 heteroatoms. The van der Waals surface area contributed by atoms with Crippen LogP contribution in [0.5, 0.6) is 5.75 Å². The van der Waals surface area contributed by atoms with Gasteiger partial charge in [0.25, 0.3) is 0 Å². The monoisotopic (exact) mass is 256 g/mol. The Morgan fingerprint density at radius 2 is 1.89 bits per heavy atom. The van der Waals surface area contributed by atoms with Crippen molar-refractivity contribution in [3.63, 3.8) is 0 Å². The second kappa shape index (κ2) is 4.19. The lowest BCUT2D eigenvalue weighted by molar-refractivity contribution is -0.144. The molecule has 1 aliphatic heterocycles. The molecule has 0 saturated heterocycles. The fraction of sp³-hybridized carbons (Fsp3) is 0.188. The van der Waals surface area contributed by atoms with E-state index >= 15 is 4.39 Å². The largest absolute Gasteiger partial charge is 0.423 e. The second-order valence-electron chi connectivity index (χ2n) is 4.85. The van der Waals surface area contributed by atoms with E-state index in [1.54, 1.807) is 18.2 Å². The molecule has 1 aliphatic rings. The summed E-state index contributed by atoms with van der Waals surface area (Å²) in [6.07, 6.45) is 0.00310. The molecule has 1 heterocycles. The van der Waals surface area contributed by atoms with Crippen LogP contribution >= 0.6 is 0 Å². The number of benzene rings is 2. The number of halogens is 1. The Balaban J connectivity index is 2.04. The van der Waals surface area contributed by atoms with E-state index in [-0.39, 0.29) is 6.42 Å². The average Bonchev–Trinajstić information content (AvgIpc) is 2.64. The van der Waals surface area contributed by atoms with E-state index in [1.807, 2.05) is 37.3 Å². The maximum Gasteiger partial charge on any atom is 0.354 e. The fourth-order valence-corrected chi connectivity index (χ4v) is 2.38. The molecule has 1 unspecified atom stereocenters. The van der Waals surface area contributed by atoms with Gasteiger partial charge in [0, 0.05) is 12.0 Å². The van der Waals surface area contributed by atoms with Gasteiger partial charge in [0.05, 0.1) is 0 Å². The van der Waals surface area contributed by atoms with Crippen LogP contribution in [0, 0.1) is 6.92 Å². The van der Waals surface area contributed by atoms with Gasteiger partial charge in [0.1, 0.15) is 5.75 Å². The summed E-state index contributed by atoms with van der Waals surface area (Å²) < 4.78 is 20.1. The quantitative estimate of drug-likeness (QED) is 0.608. The Morgan fingerprint density at radius 3 is 2.63 bits per heavy atom. The Kier molecular flexibility index (Phi) is 2.63. The van der Waals surface area contributed by atoms with Crippen LogP contribution in [0.4, 0.5) is 4.39 Å². The fourth-order valence-electron chi connectivity index (χ4n) is 2.38. The average molecular weight is 256 g/mol. The summed E-state index contributed by atoms with van der Waals surface area (Å²) in [6.45, 7) is 1.87. The van der Waals surface area contributed by atoms with Crippen LogP contribution in [0.25, 0.3) is 0 Å². The standard InChI is InChI=1S/C16H13FO2/c1-11-7-8-14-13(9-11)16(17,15(18)19-14)10-12-5-3-2-4-6-12/h2-9H,10H2,1H3. The number of carbonyl (C=O) groups excluding carboxylic acids is 1. The molecule has 0 amide bonds. The van der Waals surface area contributed by atoms with Gasteiger partial charge in [0.2, 0.25) is 5.67 Å². The van der Waals surface area contributed by atoms with Crippen LogP contribution in [0.2, 0.25) is 0 Å². The first kappa shape index (κ1) is 11.9. The minimum atomic E-state index is -2.08. The molecule has 0 fully saturated rings. The Morgan fingerprint density at radius 1 is 1.16 bits per heavy atom. The van der Waals surface area contributed by atoms with E-state index in [1.165, 1.54) is 0 Å². The van der Waals surface area contributed by atoms with E-state index in [2.05, 4.69) is 0 Å². The lowest BCUT2D eigenvalue weighted by Crippen LogP contribution is -2.31. The van der Waals surface area contributed by atoms with Crippen LogP contribution in [0.15, 0.2) is 48.5 Å². The molecule has 0 N–H and O–H groups in total. The van der Waals surface area contributed by atoms with Crippen molar-refractivity contribution in [2.75, 3.05) is 0 Å². The summed E-state index contributed by atoms with van der Waals surface area (Å²) in [5.41, 5.74) is -0.0623. The second-order valence-corrected chi connectivity index (χ2v) is 4.85. The number of hydrogen-bond acceptors (Lipinski definition) is 2. The van der Waals surface area contributed by atoms with Crippen LogP contribution in [-0.2, 0) is 16.9 Å². The van der Waals surface area contributed by atoms with Crippen molar-refractivity contribution in [1.82, 2.24) is 0 Å². The summed E-state index contributed by atoms with van der Waals surface area (Å²) in [7, 11) is 0. The lowest BCUT2D eigenvalue weighted by atomic mass is 9.89. The smallest absolute Gasteiger partial charge is 0.354 e. The number of carbonyl (C=O) groups is 1. The van der Waals surface area contributed by atoms with Gasteiger partial charge in [-0.05, 0) is 24.6 Å². The molecule has 0 spiro atoms. The maximum absolute atomic E-state index is 15.1. The summed E-state index contributed by atoms with van der Waals surface area (Å²) in [5.74, 6) is -0.494. The molecule has 0 aromatic heterocycles. The number of aryl methyl sites for hydroxylation is 1. The summed E-state index contributed by atoms with van der Waals surface area (Å²) >= 11 is 0. The Labute approximate surface area is 110 Å². The number of ether oxygens (including phenoxy) is 1. The van der Waals surface area contributed by atoms with Gasteiger partial charge in [-0.15, -0.1) is 0 Å². The third-order valence-corrected chi connectivity index (χ3v) is 3.38. The maximum atomic E-state index is 15.1. The molecule has 19 heavy (non-hydrogen) atoms. The molecule has 1 atom stereocenters. The Bertz CT molecular complexity index is 636. The SMILES string of the molecule is Cc1ccc2c(c1)C(F)(Cc1ccccc1)C(=O)O2. The normalized spacial score (nSPS) is 21.1. The van der Waals surface area contributed by atoms with Gasteiger partial charge >= 0.3 is 5.97 Å². The molecule has 0 radical (unpaired) electrons. The number of hydrogen-bond donors (Lipinski definition) is 0. The highest BCUT2D eigenvalue weighted by atomic mass is 19.1. The molecule has 0 saturated carbocycles. The highest BCUT2D eigenvalue weighted by molar-refractivity contribution is 5.89. The molecule has 2 aromatic rings. The van der Waals surface area contributed by atoms with Crippen LogP contribution < -0.4 is 4.74 Å². The molecular formula is C16H13FO2. The van der Waals surface area contributed by atoms with E-state index < -0.39 is 11.6 Å². The van der Waals surface area contributed by atoms with E-state index in [0.717, 1.165) is 11.1 Å². The first-order valence-corrected chi connectivity index (χ1v) is 6.16. The molecule has 2 nitrogen and oxygen atoms in total. The first-order chi connectivity index (χ1) is 9.09. The number of esters is 1. The van der Waals surface area contributed by atoms with Crippen LogP contribution in [-0.4, -0.2) is 5.97 Å². The van der Waals surface area contributed by atoms with Crippen molar-refractivity contribution in [3.05, 3.63) is 65.2 Å². The van der Waals surface area contributed by atoms with Gasteiger partial charge in [-0.25, -0.2) is 9.18 Å². The van der Waals surface area contributed by atoms with Crippen molar-refractivity contribution < 1.29 is 13.9 Å².